The molecule has 0 radical (unpaired) electrons. The van der Waals surface area contributed by atoms with Crippen molar-refractivity contribution < 1.29 is 19.4 Å². The summed E-state index contributed by atoms with van der Waals surface area (Å²) in [5.41, 5.74) is -0.157. The predicted molar refractivity (Wildman–Crippen MR) is 57.6 cm³/mol. The van der Waals surface area contributed by atoms with Crippen LogP contribution < -0.4 is 4.74 Å². The van der Waals surface area contributed by atoms with Gasteiger partial charge in [-0.1, -0.05) is 6.07 Å². The van der Waals surface area contributed by atoms with Crippen molar-refractivity contribution in [2.24, 2.45) is 0 Å². The van der Waals surface area contributed by atoms with E-state index in [1.54, 1.807) is 18.2 Å². The molecule has 1 aliphatic rings. The van der Waals surface area contributed by atoms with Gasteiger partial charge >= 0.3 is 5.97 Å². The molecule has 86 valence electrons. The summed E-state index contributed by atoms with van der Waals surface area (Å²) in [5, 5.41) is 9.85. The molecule has 0 aromatic heterocycles. The Balaban J connectivity index is 2.51. The molecule has 1 saturated carbocycles. The number of hydrogen-bond acceptors (Lipinski definition) is 4. The second kappa shape index (κ2) is 3.70. The van der Waals surface area contributed by atoms with Gasteiger partial charge in [0, 0.05) is 0 Å². The third-order valence-electron chi connectivity index (χ3n) is 3.03. The minimum atomic E-state index is -0.703. The number of hydrogen-bond donors (Lipinski definition) is 1. The number of carbonyl (C=O) groups excluding carboxylic acids is 1. The van der Waals surface area contributed by atoms with Crippen molar-refractivity contribution >= 4 is 5.97 Å². The number of rotatable bonds is 3. The number of benzene rings is 1. The molecule has 0 aliphatic heterocycles. The summed E-state index contributed by atoms with van der Waals surface area (Å²) < 4.78 is 9.96. The van der Waals surface area contributed by atoms with Gasteiger partial charge in [0.25, 0.3) is 0 Å². The summed E-state index contributed by atoms with van der Waals surface area (Å²) in [6.07, 6.45) is 1.38. The number of esters is 1. The molecule has 1 N–H and O–H groups in total. The monoisotopic (exact) mass is 222 g/mol. The van der Waals surface area contributed by atoms with Crippen LogP contribution in [0.1, 0.15) is 18.4 Å². The summed E-state index contributed by atoms with van der Waals surface area (Å²) in [5.74, 6) is 0.303. The average molecular weight is 222 g/mol. The summed E-state index contributed by atoms with van der Waals surface area (Å²) >= 11 is 0. The zero-order chi connectivity index (χ0) is 11.8. The number of phenols is 1. The van der Waals surface area contributed by atoms with Gasteiger partial charge in [-0.05, 0) is 25.0 Å². The minimum Gasteiger partial charge on any atom is -0.507 e. The maximum absolute atomic E-state index is 11.7. The fourth-order valence-electron chi connectivity index (χ4n) is 2.05. The fourth-order valence-corrected chi connectivity index (χ4v) is 2.05. The second-order valence-corrected chi connectivity index (χ2v) is 3.93. The Bertz CT molecular complexity index is 421. The lowest BCUT2D eigenvalue weighted by atomic mass is 9.94. The van der Waals surface area contributed by atoms with Crippen LogP contribution in [0, 0.1) is 0 Å². The van der Waals surface area contributed by atoms with Crippen molar-refractivity contribution in [3.05, 3.63) is 23.8 Å². The topological polar surface area (TPSA) is 55.8 Å². The van der Waals surface area contributed by atoms with Crippen LogP contribution in [0.15, 0.2) is 18.2 Å². The van der Waals surface area contributed by atoms with Gasteiger partial charge < -0.3 is 14.6 Å². The Morgan fingerprint density at radius 1 is 1.38 bits per heavy atom. The number of ether oxygens (including phenoxy) is 2. The first-order valence-electron chi connectivity index (χ1n) is 5.10. The van der Waals surface area contributed by atoms with Crippen LogP contribution in [0.25, 0.3) is 0 Å². The molecule has 0 heterocycles. The molecule has 0 amide bonds. The molecule has 16 heavy (non-hydrogen) atoms. The number of aromatic hydroxyl groups is 1. The van der Waals surface area contributed by atoms with E-state index in [0.717, 1.165) is 0 Å². The van der Waals surface area contributed by atoms with Crippen molar-refractivity contribution in [1.29, 1.82) is 0 Å². The molecule has 0 spiro atoms. The van der Waals surface area contributed by atoms with E-state index in [9.17, 15) is 9.90 Å². The van der Waals surface area contributed by atoms with Gasteiger partial charge in [0.2, 0.25) is 0 Å². The SMILES string of the molecule is COC(=O)C1(c2c(O)cccc2OC)CC1. The predicted octanol–water partition coefficient (Wildman–Crippen LogP) is 1.61. The molecule has 4 nitrogen and oxygen atoms in total. The first-order valence-corrected chi connectivity index (χ1v) is 5.10. The molecule has 0 unspecified atom stereocenters. The van der Waals surface area contributed by atoms with Crippen molar-refractivity contribution in [3.8, 4) is 11.5 Å². The van der Waals surface area contributed by atoms with Crippen molar-refractivity contribution in [2.75, 3.05) is 14.2 Å². The standard InChI is InChI=1S/C12H14O4/c1-15-9-5-3-4-8(13)10(9)12(6-7-12)11(14)16-2/h3-5,13H,6-7H2,1-2H3. The Labute approximate surface area is 93.8 Å². The molecular weight excluding hydrogens is 208 g/mol. The molecule has 1 aromatic rings. The van der Waals surface area contributed by atoms with E-state index in [-0.39, 0.29) is 11.7 Å². The van der Waals surface area contributed by atoms with Gasteiger partial charge in [-0.15, -0.1) is 0 Å². The zero-order valence-corrected chi connectivity index (χ0v) is 9.32. The van der Waals surface area contributed by atoms with Crippen molar-refractivity contribution in [2.45, 2.75) is 18.3 Å². The summed E-state index contributed by atoms with van der Waals surface area (Å²) in [4.78, 5) is 11.7. The van der Waals surface area contributed by atoms with Crippen molar-refractivity contribution in [1.82, 2.24) is 0 Å². The Hall–Kier alpha value is -1.71. The van der Waals surface area contributed by atoms with Gasteiger partial charge in [0.05, 0.1) is 19.8 Å². The highest BCUT2D eigenvalue weighted by Gasteiger charge is 2.55. The van der Waals surface area contributed by atoms with Gasteiger partial charge in [-0.3, -0.25) is 4.79 Å². The third kappa shape index (κ3) is 1.41. The van der Waals surface area contributed by atoms with Crippen LogP contribution >= 0.6 is 0 Å². The lowest BCUT2D eigenvalue weighted by Gasteiger charge is -2.17. The van der Waals surface area contributed by atoms with Crippen LogP contribution in [0.4, 0.5) is 0 Å². The summed E-state index contributed by atoms with van der Waals surface area (Å²) in [7, 11) is 2.88. The third-order valence-corrected chi connectivity index (χ3v) is 3.03. The zero-order valence-electron chi connectivity index (χ0n) is 9.32. The van der Waals surface area contributed by atoms with Gasteiger partial charge in [0.15, 0.2) is 0 Å². The van der Waals surface area contributed by atoms with Gasteiger partial charge in [-0.2, -0.15) is 0 Å². The quantitative estimate of drug-likeness (QED) is 0.789. The van der Waals surface area contributed by atoms with E-state index in [1.807, 2.05) is 0 Å². The highest BCUT2D eigenvalue weighted by atomic mass is 16.5. The minimum absolute atomic E-state index is 0.0854. The van der Waals surface area contributed by atoms with Crippen molar-refractivity contribution in [3.63, 3.8) is 0 Å². The fraction of sp³-hybridized carbons (Fsp3) is 0.417. The van der Waals surface area contributed by atoms with Crippen LogP contribution in [0.2, 0.25) is 0 Å². The molecule has 0 saturated heterocycles. The number of methoxy groups -OCH3 is 2. The van der Waals surface area contributed by atoms with Gasteiger partial charge in [0.1, 0.15) is 16.9 Å². The maximum atomic E-state index is 11.7. The highest BCUT2D eigenvalue weighted by molar-refractivity contribution is 5.88. The van der Waals surface area contributed by atoms with Crippen LogP contribution in [0.3, 0.4) is 0 Å². The summed E-state index contributed by atoms with van der Waals surface area (Å²) in [6.45, 7) is 0. The molecule has 4 heteroatoms. The Morgan fingerprint density at radius 3 is 2.56 bits per heavy atom. The Kier molecular flexibility index (Phi) is 2.50. The number of carbonyl (C=O) groups is 1. The molecule has 0 bridgehead atoms. The second-order valence-electron chi connectivity index (χ2n) is 3.93. The first-order chi connectivity index (χ1) is 7.65. The van der Waals surface area contributed by atoms with E-state index in [2.05, 4.69) is 0 Å². The maximum Gasteiger partial charge on any atom is 0.316 e. The van der Waals surface area contributed by atoms with E-state index in [4.69, 9.17) is 9.47 Å². The summed E-state index contributed by atoms with van der Waals surface area (Å²) in [6, 6.07) is 4.98. The molecule has 1 aromatic carbocycles. The van der Waals surface area contributed by atoms with Crippen LogP contribution in [-0.4, -0.2) is 25.3 Å². The van der Waals surface area contributed by atoms with Crippen LogP contribution in [-0.2, 0) is 14.9 Å². The first kappa shape index (κ1) is 10.8. The van der Waals surface area contributed by atoms with E-state index < -0.39 is 5.41 Å². The molecule has 0 atom stereocenters. The van der Waals surface area contributed by atoms with E-state index >= 15 is 0 Å². The van der Waals surface area contributed by atoms with Crippen LogP contribution in [0.5, 0.6) is 11.5 Å². The average Bonchev–Trinajstić information content (AvgIpc) is 3.08. The molecular formula is C12H14O4. The number of phenolic OH excluding ortho intramolecular Hbond substituents is 1. The smallest absolute Gasteiger partial charge is 0.316 e. The van der Waals surface area contributed by atoms with Gasteiger partial charge in [-0.25, -0.2) is 0 Å². The molecule has 1 fully saturated rings. The molecule has 1 aliphatic carbocycles. The lowest BCUT2D eigenvalue weighted by Crippen LogP contribution is -2.22. The highest BCUT2D eigenvalue weighted by Crippen LogP contribution is 2.55. The Morgan fingerprint density at radius 2 is 2.06 bits per heavy atom. The molecule has 2 rings (SSSR count). The lowest BCUT2D eigenvalue weighted by molar-refractivity contribution is -0.143. The van der Waals surface area contributed by atoms with E-state index in [0.29, 0.717) is 24.2 Å². The van der Waals surface area contributed by atoms with E-state index in [1.165, 1.54) is 14.2 Å². The largest absolute Gasteiger partial charge is 0.507 e. The normalized spacial score (nSPS) is 16.6.